The second-order valence-corrected chi connectivity index (χ2v) is 6.37. The Labute approximate surface area is 158 Å². The summed E-state index contributed by atoms with van der Waals surface area (Å²) in [6.07, 6.45) is 8.99. The van der Waals surface area contributed by atoms with Gasteiger partial charge in [-0.15, -0.1) is 0 Å². The van der Waals surface area contributed by atoms with Crippen LogP contribution in [-0.2, 0) is 4.79 Å². The Bertz CT molecular complexity index is 583. The lowest BCUT2D eigenvalue weighted by atomic mass is 9.93. The van der Waals surface area contributed by atoms with Crippen LogP contribution < -0.4 is 10.6 Å². The van der Waals surface area contributed by atoms with Crippen LogP contribution in [0.15, 0.2) is 35.6 Å². The molecule has 3 unspecified atom stereocenters. The number of carbonyl (C=O) groups is 1. The van der Waals surface area contributed by atoms with Crippen LogP contribution >= 0.6 is 0 Å². The van der Waals surface area contributed by atoms with Crippen LogP contribution in [0, 0.1) is 11.8 Å². The predicted molar refractivity (Wildman–Crippen MR) is 110 cm³/mol. The molecular formula is C21H34N4O. The fourth-order valence-corrected chi connectivity index (χ4v) is 2.62. The molecule has 1 aliphatic heterocycles. The van der Waals surface area contributed by atoms with Gasteiger partial charge >= 0.3 is 0 Å². The van der Waals surface area contributed by atoms with E-state index in [1.807, 2.05) is 38.2 Å². The molecule has 0 aromatic carbocycles. The number of aliphatic imine (C=N–C) groups is 1. The average Bonchev–Trinajstić information content (AvgIpc) is 2.71. The highest BCUT2D eigenvalue weighted by Crippen LogP contribution is 2.18. The van der Waals surface area contributed by atoms with Crippen LogP contribution in [0.2, 0.25) is 0 Å². The van der Waals surface area contributed by atoms with Crippen molar-refractivity contribution in [2.24, 2.45) is 16.8 Å². The van der Waals surface area contributed by atoms with E-state index >= 15 is 0 Å². The summed E-state index contributed by atoms with van der Waals surface area (Å²) < 4.78 is 0. The molecule has 0 fully saturated rings. The Morgan fingerprint density at radius 2 is 2.00 bits per heavy atom. The first-order valence-corrected chi connectivity index (χ1v) is 9.85. The van der Waals surface area contributed by atoms with Crippen molar-refractivity contribution in [2.75, 3.05) is 0 Å². The third kappa shape index (κ3) is 6.98. The van der Waals surface area contributed by atoms with E-state index in [1.54, 1.807) is 12.4 Å². The SMILES string of the molecule is CC.CCC(C)CCC(CC)C(=O)NC1N=CC(c2ccccn2)=CN1. The number of nitrogens with zero attached hydrogens (tertiary/aromatic N) is 2. The molecule has 0 radical (unpaired) electrons. The van der Waals surface area contributed by atoms with Gasteiger partial charge in [0.1, 0.15) is 0 Å². The van der Waals surface area contributed by atoms with E-state index in [4.69, 9.17) is 0 Å². The quantitative estimate of drug-likeness (QED) is 0.725. The van der Waals surface area contributed by atoms with Crippen LogP contribution in [0.3, 0.4) is 0 Å². The maximum atomic E-state index is 12.4. The summed E-state index contributed by atoms with van der Waals surface area (Å²) in [6.45, 7) is 10.5. The molecular weight excluding hydrogens is 324 g/mol. The molecule has 0 spiro atoms. The Morgan fingerprint density at radius 3 is 2.54 bits per heavy atom. The van der Waals surface area contributed by atoms with Crippen molar-refractivity contribution in [2.45, 2.75) is 66.6 Å². The number of nitrogens with one attached hydrogen (secondary N) is 2. The van der Waals surface area contributed by atoms with E-state index in [9.17, 15) is 4.79 Å². The predicted octanol–water partition coefficient (Wildman–Crippen LogP) is 4.38. The van der Waals surface area contributed by atoms with E-state index in [0.717, 1.165) is 37.0 Å². The van der Waals surface area contributed by atoms with Gasteiger partial charge in [0.2, 0.25) is 5.91 Å². The van der Waals surface area contributed by atoms with Crippen molar-refractivity contribution in [3.63, 3.8) is 0 Å². The summed E-state index contributed by atoms with van der Waals surface area (Å²) in [5.74, 6) is 0.795. The zero-order valence-electron chi connectivity index (χ0n) is 16.8. The smallest absolute Gasteiger partial charge is 0.226 e. The Kier molecular flexibility index (Phi) is 10.3. The fraction of sp³-hybridized carbons (Fsp3) is 0.571. The van der Waals surface area contributed by atoms with Crippen molar-refractivity contribution in [3.05, 3.63) is 36.3 Å². The van der Waals surface area contributed by atoms with E-state index in [2.05, 4.69) is 41.4 Å². The monoisotopic (exact) mass is 358 g/mol. The van der Waals surface area contributed by atoms with E-state index in [0.29, 0.717) is 5.92 Å². The minimum absolute atomic E-state index is 0.0529. The van der Waals surface area contributed by atoms with Gasteiger partial charge in [-0.1, -0.05) is 47.1 Å². The zero-order valence-corrected chi connectivity index (χ0v) is 16.8. The number of hydrogen-bond acceptors (Lipinski definition) is 4. The summed E-state index contributed by atoms with van der Waals surface area (Å²) >= 11 is 0. The molecule has 1 aromatic heterocycles. The van der Waals surface area contributed by atoms with Gasteiger partial charge in [-0.25, -0.2) is 4.99 Å². The van der Waals surface area contributed by atoms with Gasteiger partial charge in [-0.3, -0.25) is 9.78 Å². The maximum Gasteiger partial charge on any atom is 0.226 e. The second kappa shape index (κ2) is 12.2. The van der Waals surface area contributed by atoms with Crippen molar-refractivity contribution < 1.29 is 4.79 Å². The van der Waals surface area contributed by atoms with Gasteiger partial charge in [0.05, 0.1) is 5.69 Å². The topological polar surface area (TPSA) is 66.4 Å². The summed E-state index contributed by atoms with van der Waals surface area (Å²) in [4.78, 5) is 21.1. The first-order valence-electron chi connectivity index (χ1n) is 9.85. The van der Waals surface area contributed by atoms with E-state index in [-0.39, 0.29) is 11.8 Å². The molecule has 0 aliphatic carbocycles. The molecule has 2 N–H and O–H groups in total. The molecule has 0 saturated heterocycles. The summed E-state index contributed by atoms with van der Waals surface area (Å²) in [6, 6.07) is 5.75. The summed E-state index contributed by atoms with van der Waals surface area (Å²) in [5, 5.41) is 6.09. The number of amides is 1. The molecule has 0 bridgehead atoms. The average molecular weight is 359 g/mol. The van der Waals surface area contributed by atoms with Crippen LogP contribution in [-0.4, -0.2) is 23.4 Å². The molecule has 0 saturated carbocycles. The van der Waals surface area contributed by atoms with Crippen LogP contribution in [0.25, 0.3) is 5.57 Å². The third-order valence-corrected chi connectivity index (χ3v) is 4.57. The number of carbonyl (C=O) groups excluding carboxylic acids is 1. The number of pyridine rings is 1. The standard InChI is InChI=1S/C19H28N4O.C2H6/c1-4-14(3)9-10-15(5-2)18(24)23-19-21-12-16(13-22-19)17-8-6-7-11-20-17;1-2/h6-8,11-15,19,21H,4-5,9-10H2,1-3H3,(H,23,24);1-2H3. The van der Waals surface area contributed by atoms with Gasteiger partial charge in [0, 0.05) is 30.1 Å². The van der Waals surface area contributed by atoms with Crippen LogP contribution in [0.5, 0.6) is 0 Å². The van der Waals surface area contributed by atoms with Gasteiger partial charge in [0.15, 0.2) is 6.29 Å². The molecule has 1 aromatic rings. The van der Waals surface area contributed by atoms with Crippen molar-refractivity contribution in [1.82, 2.24) is 15.6 Å². The lowest BCUT2D eigenvalue weighted by molar-refractivity contribution is -0.126. The number of aromatic nitrogens is 1. The molecule has 2 heterocycles. The highest BCUT2D eigenvalue weighted by molar-refractivity contribution is 6.09. The third-order valence-electron chi connectivity index (χ3n) is 4.57. The molecule has 2 rings (SSSR count). The minimum atomic E-state index is -0.400. The first kappa shape index (κ1) is 21.9. The Balaban J connectivity index is 0.00000163. The number of allylic oxidation sites excluding steroid dienone is 1. The minimum Gasteiger partial charge on any atom is -0.352 e. The summed E-state index contributed by atoms with van der Waals surface area (Å²) in [7, 11) is 0. The molecule has 5 heteroatoms. The highest BCUT2D eigenvalue weighted by atomic mass is 16.2. The zero-order chi connectivity index (χ0) is 19.4. The van der Waals surface area contributed by atoms with Crippen LogP contribution in [0.4, 0.5) is 0 Å². The fourth-order valence-electron chi connectivity index (χ4n) is 2.62. The Morgan fingerprint density at radius 1 is 1.23 bits per heavy atom. The number of rotatable bonds is 8. The van der Waals surface area contributed by atoms with Crippen molar-refractivity contribution in [3.8, 4) is 0 Å². The van der Waals surface area contributed by atoms with Crippen molar-refractivity contribution >= 4 is 17.7 Å². The van der Waals surface area contributed by atoms with E-state index < -0.39 is 6.29 Å². The molecule has 1 aliphatic rings. The van der Waals surface area contributed by atoms with Gasteiger partial charge in [-0.05, 0) is 37.3 Å². The lowest BCUT2D eigenvalue weighted by Gasteiger charge is -2.22. The molecule has 1 amide bonds. The largest absolute Gasteiger partial charge is 0.352 e. The Hall–Kier alpha value is -2.17. The second-order valence-electron chi connectivity index (χ2n) is 6.37. The lowest BCUT2D eigenvalue weighted by Crippen LogP contribution is -2.45. The van der Waals surface area contributed by atoms with E-state index in [1.165, 1.54) is 0 Å². The molecule has 144 valence electrons. The van der Waals surface area contributed by atoms with Gasteiger partial charge in [0.25, 0.3) is 0 Å². The van der Waals surface area contributed by atoms with Gasteiger partial charge in [-0.2, -0.15) is 0 Å². The maximum absolute atomic E-state index is 12.4. The van der Waals surface area contributed by atoms with Crippen molar-refractivity contribution in [1.29, 1.82) is 0 Å². The molecule has 26 heavy (non-hydrogen) atoms. The first-order chi connectivity index (χ1) is 12.6. The number of hydrogen-bond donors (Lipinski definition) is 2. The summed E-state index contributed by atoms with van der Waals surface area (Å²) in [5.41, 5.74) is 1.77. The molecule has 5 nitrogen and oxygen atoms in total. The molecule has 3 atom stereocenters. The highest BCUT2D eigenvalue weighted by Gasteiger charge is 2.20. The van der Waals surface area contributed by atoms with Crippen LogP contribution in [0.1, 0.15) is 66.0 Å². The van der Waals surface area contributed by atoms with Gasteiger partial charge < -0.3 is 10.6 Å². The normalized spacial score (nSPS) is 17.9.